The van der Waals surface area contributed by atoms with Crippen LogP contribution in [-0.2, 0) is 11.2 Å². The molecule has 0 radical (unpaired) electrons. The number of benzene rings is 1. The van der Waals surface area contributed by atoms with E-state index < -0.39 is 0 Å². The van der Waals surface area contributed by atoms with Gasteiger partial charge >= 0.3 is 0 Å². The first kappa shape index (κ1) is 11.1. The van der Waals surface area contributed by atoms with Crippen LogP contribution in [0.2, 0.25) is 0 Å². The molecule has 90 valence electrons. The molecule has 1 aliphatic rings. The maximum Gasteiger partial charge on any atom is 0.170 e. The second-order valence-corrected chi connectivity index (χ2v) is 4.40. The zero-order valence-corrected chi connectivity index (χ0v) is 10.1. The highest BCUT2D eigenvalue weighted by Crippen LogP contribution is 2.14. The lowest BCUT2D eigenvalue weighted by Crippen LogP contribution is -2.03. The van der Waals surface area contributed by atoms with Gasteiger partial charge in [0.25, 0.3) is 0 Å². The minimum absolute atomic E-state index is 0.280. The van der Waals surface area contributed by atoms with Gasteiger partial charge in [-0.1, -0.05) is 36.4 Å². The zero-order valence-electron chi connectivity index (χ0n) is 10.1. The molecule has 0 aliphatic carbocycles. The van der Waals surface area contributed by atoms with Crippen molar-refractivity contribution in [1.82, 2.24) is 0 Å². The SMILES string of the molecule is c1c(Cc2ccccc2)ccc(OCC2CO2)c#1. The van der Waals surface area contributed by atoms with Crippen LogP contribution in [0.3, 0.4) is 0 Å². The summed E-state index contributed by atoms with van der Waals surface area (Å²) in [5, 5.41) is 0. The topological polar surface area (TPSA) is 21.8 Å². The van der Waals surface area contributed by atoms with E-state index in [1.807, 2.05) is 30.3 Å². The lowest BCUT2D eigenvalue weighted by atomic mass is 10.1. The molecule has 1 unspecified atom stereocenters. The summed E-state index contributed by atoms with van der Waals surface area (Å²) in [4.78, 5) is 0. The molecule has 0 N–H and O–H groups in total. The number of hydrogen-bond donors (Lipinski definition) is 0. The average Bonchev–Trinajstić information content (AvgIpc) is 3.23. The Morgan fingerprint density at radius 2 is 1.94 bits per heavy atom. The Labute approximate surface area is 107 Å². The summed E-state index contributed by atoms with van der Waals surface area (Å²) in [6, 6.07) is 20.5. The Kier molecular flexibility index (Phi) is 3.16. The number of rotatable bonds is 5. The van der Waals surface area contributed by atoms with Gasteiger partial charge < -0.3 is 9.47 Å². The van der Waals surface area contributed by atoms with Crippen LogP contribution < -0.4 is 4.74 Å². The van der Waals surface area contributed by atoms with Gasteiger partial charge in [-0.05, 0) is 23.8 Å². The summed E-state index contributed by atoms with van der Waals surface area (Å²) in [6.07, 6.45) is 1.16. The van der Waals surface area contributed by atoms with E-state index in [0.29, 0.717) is 6.61 Å². The summed E-state index contributed by atoms with van der Waals surface area (Å²) in [5.41, 5.74) is 2.40. The van der Waals surface area contributed by atoms with Crippen LogP contribution in [0.4, 0.5) is 0 Å². The largest absolute Gasteiger partial charge is 0.483 e. The molecular formula is C16H14O2. The van der Waals surface area contributed by atoms with Crippen LogP contribution in [0.15, 0.2) is 42.5 Å². The Bertz CT molecular complexity index is 486. The molecule has 2 nitrogen and oxygen atoms in total. The van der Waals surface area contributed by atoms with E-state index >= 15 is 0 Å². The van der Waals surface area contributed by atoms with Gasteiger partial charge in [0.2, 0.25) is 0 Å². The van der Waals surface area contributed by atoms with E-state index in [9.17, 15) is 0 Å². The van der Waals surface area contributed by atoms with E-state index in [-0.39, 0.29) is 6.10 Å². The summed E-state index contributed by atoms with van der Waals surface area (Å²) >= 11 is 0. The molecule has 1 aliphatic heterocycles. The third-order valence-electron chi connectivity index (χ3n) is 2.85. The van der Waals surface area contributed by atoms with Gasteiger partial charge in [0.05, 0.1) is 6.61 Å². The quantitative estimate of drug-likeness (QED) is 0.747. The molecule has 2 heteroatoms. The standard InChI is InChI=1S/C16H14O2/c1-2-4-13(5-3-1)10-14-6-8-15(9-7-14)17-11-16-12-18-16/h1-6,8,16H,10-12H2. The van der Waals surface area contributed by atoms with Crippen molar-refractivity contribution in [3.05, 3.63) is 65.7 Å². The van der Waals surface area contributed by atoms with Crippen LogP contribution in [0.5, 0.6) is 5.75 Å². The van der Waals surface area contributed by atoms with Crippen molar-refractivity contribution in [2.45, 2.75) is 12.5 Å². The first-order valence-corrected chi connectivity index (χ1v) is 6.11. The predicted molar refractivity (Wildman–Crippen MR) is 68.6 cm³/mol. The summed E-state index contributed by atoms with van der Waals surface area (Å²) in [7, 11) is 0. The molecule has 0 amide bonds. The Balaban J connectivity index is 1.59. The van der Waals surface area contributed by atoms with Gasteiger partial charge in [-0.3, -0.25) is 0 Å². The highest BCUT2D eigenvalue weighted by molar-refractivity contribution is 5.26. The Morgan fingerprint density at radius 3 is 2.61 bits per heavy atom. The van der Waals surface area contributed by atoms with E-state index in [1.165, 1.54) is 5.56 Å². The molecule has 0 bridgehead atoms. The Hall–Kier alpha value is -1.98. The van der Waals surface area contributed by atoms with Crippen molar-refractivity contribution in [1.29, 1.82) is 0 Å². The molecule has 2 aromatic carbocycles. The molecule has 0 saturated carbocycles. The van der Waals surface area contributed by atoms with Gasteiger partial charge in [0, 0.05) is 12.0 Å². The second-order valence-electron chi connectivity index (χ2n) is 4.40. The summed E-state index contributed by atoms with van der Waals surface area (Å²) in [5.74, 6) is 0.738. The fraction of sp³-hybridized carbons (Fsp3) is 0.250. The van der Waals surface area contributed by atoms with E-state index in [2.05, 4.69) is 24.3 Å². The first-order valence-electron chi connectivity index (χ1n) is 6.11. The zero-order chi connectivity index (χ0) is 12.2. The minimum Gasteiger partial charge on any atom is -0.483 e. The Morgan fingerprint density at radius 1 is 1.11 bits per heavy atom. The molecule has 1 atom stereocenters. The number of hydrogen-bond acceptors (Lipinski definition) is 2. The van der Waals surface area contributed by atoms with E-state index in [1.54, 1.807) is 0 Å². The number of ether oxygens (including phenoxy) is 2. The molecule has 1 saturated heterocycles. The van der Waals surface area contributed by atoms with Crippen molar-refractivity contribution in [3.8, 4) is 5.75 Å². The van der Waals surface area contributed by atoms with Crippen molar-refractivity contribution >= 4 is 0 Å². The van der Waals surface area contributed by atoms with Gasteiger partial charge in [0.1, 0.15) is 12.7 Å². The normalized spacial score (nSPS) is 17.0. The van der Waals surface area contributed by atoms with Crippen LogP contribution in [0.25, 0.3) is 0 Å². The summed E-state index contributed by atoms with van der Waals surface area (Å²) in [6.45, 7) is 1.43. The van der Waals surface area contributed by atoms with Crippen molar-refractivity contribution in [2.24, 2.45) is 0 Å². The highest BCUT2D eigenvalue weighted by atomic mass is 16.6. The van der Waals surface area contributed by atoms with Gasteiger partial charge in [-0.15, -0.1) is 0 Å². The fourth-order valence-corrected chi connectivity index (χ4v) is 1.75. The molecular weight excluding hydrogens is 224 g/mol. The number of epoxide rings is 1. The van der Waals surface area contributed by atoms with Gasteiger partial charge in [0.15, 0.2) is 5.75 Å². The fourth-order valence-electron chi connectivity index (χ4n) is 1.75. The molecule has 18 heavy (non-hydrogen) atoms. The molecule has 1 heterocycles. The van der Waals surface area contributed by atoms with Crippen molar-refractivity contribution < 1.29 is 9.47 Å². The maximum atomic E-state index is 5.52. The van der Waals surface area contributed by atoms with Crippen LogP contribution in [0, 0.1) is 12.1 Å². The third-order valence-corrected chi connectivity index (χ3v) is 2.85. The second kappa shape index (κ2) is 5.12. The molecule has 1 fully saturated rings. The van der Waals surface area contributed by atoms with Crippen LogP contribution in [0.1, 0.15) is 11.1 Å². The molecule has 0 spiro atoms. The molecule has 0 aromatic heterocycles. The monoisotopic (exact) mass is 238 g/mol. The van der Waals surface area contributed by atoms with Crippen molar-refractivity contribution in [2.75, 3.05) is 13.2 Å². The third kappa shape index (κ3) is 3.03. The average molecular weight is 238 g/mol. The van der Waals surface area contributed by atoms with E-state index in [0.717, 1.165) is 24.3 Å². The van der Waals surface area contributed by atoms with Gasteiger partial charge in [-0.25, -0.2) is 0 Å². The lowest BCUT2D eigenvalue weighted by Gasteiger charge is -2.02. The molecule has 3 rings (SSSR count). The van der Waals surface area contributed by atoms with Crippen LogP contribution >= 0.6 is 0 Å². The first-order chi connectivity index (χ1) is 8.90. The maximum absolute atomic E-state index is 5.52. The predicted octanol–water partition coefficient (Wildman–Crippen LogP) is 2.66. The minimum atomic E-state index is 0.280. The van der Waals surface area contributed by atoms with Crippen molar-refractivity contribution in [3.63, 3.8) is 0 Å². The lowest BCUT2D eigenvalue weighted by molar-refractivity contribution is 0.263. The highest BCUT2D eigenvalue weighted by Gasteiger charge is 2.22. The van der Waals surface area contributed by atoms with Crippen LogP contribution in [-0.4, -0.2) is 19.3 Å². The van der Waals surface area contributed by atoms with Gasteiger partial charge in [-0.2, -0.15) is 0 Å². The molecule has 2 aromatic rings. The summed E-state index contributed by atoms with van der Waals surface area (Å²) < 4.78 is 10.6. The smallest absolute Gasteiger partial charge is 0.170 e. The van der Waals surface area contributed by atoms with E-state index in [4.69, 9.17) is 9.47 Å².